The Morgan fingerprint density at radius 2 is 1.56 bits per heavy atom. The molecule has 0 fully saturated rings. The second-order valence-corrected chi connectivity index (χ2v) is 4.18. The highest BCUT2D eigenvalue weighted by atomic mass is 15.4. The average Bonchev–Trinajstić information content (AvgIpc) is 2.45. The summed E-state index contributed by atoms with van der Waals surface area (Å²) in [6.45, 7) is 0. The highest BCUT2D eigenvalue weighted by Gasteiger charge is 1.94. The van der Waals surface area contributed by atoms with Crippen LogP contribution in [0.3, 0.4) is 0 Å². The van der Waals surface area contributed by atoms with Crippen LogP contribution in [-0.4, -0.2) is 13.3 Å². The molecule has 0 saturated heterocycles. The van der Waals surface area contributed by atoms with E-state index in [1.54, 1.807) is 0 Å². The maximum atomic E-state index is 4.42. The van der Waals surface area contributed by atoms with Crippen LogP contribution in [-0.2, 0) is 6.42 Å². The van der Waals surface area contributed by atoms with E-state index in [0.29, 0.717) is 0 Å². The van der Waals surface area contributed by atoms with Crippen molar-refractivity contribution in [3.63, 3.8) is 0 Å². The monoisotopic (exact) mass is 238 g/mol. The van der Waals surface area contributed by atoms with Gasteiger partial charge in [0, 0.05) is 13.3 Å². The predicted molar refractivity (Wildman–Crippen MR) is 78.1 cm³/mol. The molecule has 2 heteroatoms. The Morgan fingerprint density at radius 1 is 0.944 bits per heavy atom. The third kappa shape index (κ3) is 3.74. The van der Waals surface area contributed by atoms with Crippen LogP contribution in [0.25, 0.3) is 0 Å². The van der Waals surface area contributed by atoms with Gasteiger partial charge >= 0.3 is 0 Å². The summed E-state index contributed by atoms with van der Waals surface area (Å²) in [6, 6.07) is 20.6. The minimum absolute atomic E-state index is 0.960. The van der Waals surface area contributed by atoms with E-state index in [1.807, 2.05) is 42.5 Å². The van der Waals surface area contributed by atoms with Crippen molar-refractivity contribution in [2.24, 2.45) is 5.10 Å². The van der Waals surface area contributed by atoms with Crippen LogP contribution in [0.2, 0.25) is 0 Å². The molecule has 0 atom stereocenters. The van der Waals surface area contributed by atoms with Crippen LogP contribution in [0.15, 0.2) is 65.8 Å². The lowest BCUT2D eigenvalue weighted by Gasteiger charge is -2.11. The number of anilines is 1. The third-order valence-electron chi connectivity index (χ3n) is 2.79. The average molecular weight is 238 g/mol. The minimum atomic E-state index is 0.960. The summed E-state index contributed by atoms with van der Waals surface area (Å²) < 4.78 is 0. The summed E-state index contributed by atoms with van der Waals surface area (Å²) in [5.41, 5.74) is 2.46. The van der Waals surface area contributed by atoms with Gasteiger partial charge in [-0.3, -0.25) is 5.01 Å². The Morgan fingerprint density at radius 3 is 2.22 bits per heavy atom. The summed E-state index contributed by atoms with van der Waals surface area (Å²) in [4.78, 5) is 0. The van der Waals surface area contributed by atoms with Gasteiger partial charge in [0.15, 0.2) is 0 Å². The lowest BCUT2D eigenvalue weighted by atomic mass is 10.1. The van der Waals surface area contributed by atoms with Crippen molar-refractivity contribution < 1.29 is 0 Å². The molecular formula is C16H18N2. The molecule has 0 bridgehead atoms. The summed E-state index contributed by atoms with van der Waals surface area (Å²) >= 11 is 0. The fourth-order valence-corrected chi connectivity index (χ4v) is 1.77. The fraction of sp³-hybridized carbons (Fsp3) is 0.188. The van der Waals surface area contributed by atoms with Crippen LogP contribution in [0.5, 0.6) is 0 Å². The first-order valence-electron chi connectivity index (χ1n) is 6.21. The predicted octanol–water partition coefficient (Wildman–Crippen LogP) is 3.74. The molecule has 2 aromatic carbocycles. The molecule has 0 heterocycles. The van der Waals surface area contributed by atoms with E-state index < -0.39 is 0 Å². The lowest BCUT2D eigenvalue weighted by molar-refractivity contribution is 0.989. The van der Waals surface area contributed by atoms with Gasteiger partial charge in [-0.1, -0.05) is 48.5 Å². The first-order chi connectivity index (χ1) is 8.86. The van der Waals surface area contributed by atoms with E-state index in [2.05, 4.69) is 41.5 Å². The van der Waals surface area contributed by atoms with E-state index >= 15 is 0 Å². The zero-order chi connectivity index (χ0) is 12.6. The second kappa shape index (κ2) is 6.60. The van der Waals surface area contributed by atoms with E-state index in [-0.39, 0.29) is 0 Å². The fourth-order valence-electron chi connectivity index (χ4n) is 1.77. The SMILES string of the molecule is CN(N=CCCc1ccccc1)c1ccccc1. The molecule has 92 valence electrons. The van der Waals surface area contributed by atoms with Gasteiger partial charge in [0.1, 0.15) is 0 Å². The number of rotatable bonds is 5. The van der Waals surface area contributed by atoms with Crippen molar-refractivity contribution >= 4 is 11.9 Å². The van der Waals surface area contributed by atoms with Crippen LogP contribution in [0.4, 0.5) is 5.69 Å². The largest absolute Gasteiger partial charge is 0.269 e. The topological polar surface area (TPSA) is 15.6 Å². The summed E-state index contributed by atoms with van der Waals surface area (Å²) in [5, 5.41) is 6.31. The molecule has 18 heavy (non-hydrogen) atoms. The van der Waals surface area contributed by atoms with Gasteiger partial charge in [0.2, 0.25) is 0 Å². The first kappa shape index (κ1) is 12.4. The van der Waals surface area contributed by atoms with Crippen molar-refractivity contribution in [1.29, 1.82) is 0 Å². The van der Waals surface area contributed by atoms with E-state index in [1.165, 1.54) is 5.56 Å². The summed E-state index contributed by atoms with van der Waals surface area (Å²) in [5.74, 6) is 0. The Bertz CT molecular complexity index is 477. The smallest absolute Gasteiger partial charge is 0.0590 e. The first-order valence-corrected chi connectivity index (χ1v) is 6.21. The van der Waals surface area contributed by atoms with E-state index in [0.717, 1.165) is 18.5 Å². The quantitative estimate of drug-likeness (QED) is 0.572. The van der Waals surface area contributed by atoms with E-state index in [9.17, 15) is 0 Å². The minimum Gasteiger partial charge on any atom is -0.269 e. The van der Waals surface area contributed by atoms with Crippen LogP contribution in [0.1, 0.15) is 12.0 Å². The number of hydrogen-bond acceptors (Lipinski definition) is 2. The third-order valence-corrected chi connectivity index (χ3v) is 2.79. The molecule has 0 spiro atoms. The molecule has 0 aliphatic rings. The van der Waals surface area contributed by atoms with Crippen LogP contribution in [0, 0.1) is 0 Å². The van der Waals surface area contributed by atoms with Crippen molar-refractivity contribution in [3.05, 3.63) is 66.2 Å². The highest BCUT2D eigenvalue weighted by Crippen LogP contribution is 2.10. The zero-order valence-electron chi connectivity index (χ0n) is 10.7. The maximum Gasteiger partial charge on any atom is 0.0590 e. The summed E-state index contributed by atoms with van der Waals surface area (Å²) in [7, 11) is 1.97. The molecular weight excluding hydrogens is 220 g/mol. The molecule has 2 nitrogen and oxygen atoms in total. The standard InChI is InChI=1S/C16H18N2/c1-18(16-12-6-3-7-13-16)17-14-8-11-15-9-4-2-5-10-15/h2-7,9-10,12-14H,8,11H2,1H3. The maximum absolute atomic E-state index is 4.42. The molecule has 0 aromatic heterocycles. The highest BCUT2D eigenvalue weighted by molar-refractivity contribution is 5.60. The van der Waals surface area contributed by atoms with E-state index in [4.69, 9.17) is 0 Å². The molecule has 2 rings (SSSR count). The van der Waals surface area contributed by atoms with Gasteiger partial charge in [-0.15, -0.1) is 0 Å². The molecule has 0 saturated carbocycles. The molecule has 0 aliphatic carbocycles. The Labute approximate surface area is 109 Å². The van der Waals surface area contributed by atoms with Crippen molar-refractivity contribution in [1.82, 2.24) is 0 Å². The number of para-hydroxylation sites is 1. The molecule has 0 aliphatic heterocycles. The summed E-state index contributed by atoms with van der Waals surface area (Å²) in [6.07, 6.45) is 3.97. The number of nitrogens with zero attached hydrogens (tertiary/aromatic N) is 2. The molecule has 0 amide bonds. The van der Waals surface area contributed by atoms with Crippen molar-refractivity contribution in [3.8, 4) is 0 Å². The number of hydrogen-bond donors (Lipinski definition) is 0. The lowest BCUT2D eigenvalue weighted by Crippen LogP contribution is -2.08. The Hall–Kier alpha value is -2.09. The van der Waals surface area contributed by atoms with Gasteiger partial charge in [-0.05, 0) is 30.5 Å². The number of aryl methyl sites for hydroxylation is 1. The molecule has 0 unspecified atom stereocenters. The number of benzene rings is 2. The van der Waals surface area contributed by atoms with Gasteiger partial charge in [-0.2, -0.15) is 5.10 Å². The van der Waals surface area contributed by atoms with Crippen LogP contribution >= 0.6 is 0 Å². The van der Waals surface area contributed by atoms with Crippen molar-refractivity contribution in [2.75, 3.05) is 12.1 Å². The van der Waals surface area contributed by atoms with Gasteiger partial charge in [0.25, 0.3) is 0 Å². The molecule has 0 N–H and O–H groups in total. The Kier molecular flexibility index (Phi) is 4.53. The molecule has 0 radical (unpaired) electrons. The van der Waals surface area contributed by atoms with Gasteiger partial charge in [-0.25, -0.2) is 0 Å². The van der Waals surface area contributed by atoms with Gasteiger partial charge in [0.05, 0.1) is 5.69 Å². The number of hydrazone groups is 1. The van der Waals surface area contributed by atoms with Crippen molar-refractivity contribution in [2.45, 2.75) is 12.8 Å². The normalized spacial score (nSPS) is 10.7. The molecule has 2 aromatic rings. The van der Waals surface area contributed by atoms with Gasteiger partial charge < -0.3 is 0 Å². The van der Waals surface area contributed by atoms with Crippen LogP contribution < -0.4 is 5.01 Å². The Balaban J connectivity index is 1.82. The second-order valence-electron chi connectivity index (χ2n) is 4.18. The zero-order valence-corrected chi connectivity index (χ0v) is 10.7.